The van der Waals surface area contributed by atoms with Gasteiger partial charge in [-0.25, -0.2) is 4.98 Å². The van der Waals surface area contributed by atoms with Crippen LogP contribution in [0.15, 0.2) is 58.9 Å². The molecule has 0 amide bonds. The first-order chi connectivity index (χ1) is 10.5. The third-order valence-electron chi connectivity index (χ3n) is 2.77. The number of benzene rings is 2. The van der Waals surface area contributed by atoms with E-state index < -0.39 is 10.0 Å². The Hall–Kier alpha value is -1.96. The molecule has 112 valence electrons. The van der Waals surface area contributed by atoms with Crippen molar-refractivity contribution in [3.8, 4) is 11.4 Å². The Morgan fingerprint density at radius 1 is 1.00 bits per heavy atom. The van der Waals surface area contributed by atoms with Crippen LogP contribution in [0, 0.1) is 0 Å². The maximum atomic E-state index is 12.3. The van der Waals surface area contributed by atoms with E-state index in [1.807, 2.05) is 30.3 Å². The number of aromatic nitrogens is 2. The predicted molar refractivity (Wildman–Crippen MR) is 87.6 cm³/mol. The molecule has 0 aliphatic heterocycles. The molecule has 1 heterocycles. The van der Waals surface area contributed by atoms with E-state index in [4.69, 9.17) is 11.6 Å². The Labute approximate surface area is 136 Å². The van der Waals surface area contributed by atoms with Crippen molar-refractivity contribution < 1.29 is 8.42 Å². The summed E-state index contributed by atoms with van der Waals surface area (Å²) in [7, 11) is -3.76. The summed E-state index contributed by atoms with van der Waals surface area (Å²) in [6.45, 7) is 0. The van der Waals surface area contributed by atoms with E-state index in [9.17, 15) is 8.42 Å². The van der Waals surface area contributed by atoms with Gasteiger partial charge in [0.15, 0.2) is 5.82 Å². The highest BCUT2D eigenvalue weighted by Gasteiger charge is 2.20. The molecule has 0 aliphatic rings. The second-order valence-corrected chi connectivity index (χ2v) is 7.41. The molecule has 3 aromatic rings. The van der Waals surface area contributed by atoms with Gasteiger partial charge >= 0.3 is 0 Å². The first-order valence-corrected chi connectivity index (χ1v) is 8.85. The van der Waals surface area contributed by atoms with Gasteiger partial charge in [-0.1, -0.05) is 41.9 Å². The fourth-order valence-corrected chi connectivity index (χ4v) is 3.67. The number of halogens is 1. The van der Waals surface area contributed by atoms with Crippen LogP contribution < -0.4 is 4.72 Å². The van der Waals surface area contributed by atoms with Gasteiger partial charge in [0.05, 0.1) is 0 Å². The zero-order chi connectivity index (χ0) is 15.6. The number of rotatable bonds is 4. The first kappa shape index (κ1) is 15.0. The topological polar surface area (TPSA) is 72.0 Å². The highest BCUT2D eigenvalue weighted by atomic mass is 35.5. The molecule has 22 heavy (non-hydrogen) atoms. The molecule has 0 saturated carbocycles. The molecule has 3 rings (SSSR count). The lowest BCUT2D eigenvalue weighted by atomic mass is 10.2. The van der Waals surface area contributed by atoms with Crippen LogP contribution in [0.4, 0.5) is 5.69 Å². The van der Waals surface area contributed by atoms with E-state index in [-0.39, 0.29) is 4.34 Å². The van der Waals surface area contributed by atoms with E-state index in [0.717, 1.165) is 17.1 Å². The number of hydrogen-bond acceptors (Lipinski definition) is 5. The maximum Gasteiger partial charge on any atom is 0.290 e. The van der Waals surface area contributed by atoms with Crippen LogP contribution in [0.1, 0.15) is 0 Å². The molecule has 0 bridgehead atoms. The summed E-state index contributed by atoms with van der Waals surface area (Å²) < 4.78 is 31.1. The predicted octanol–water partition coefficient (Wildman–Crippen LogP) is 3.66. The quantitative estimate of drug-likeness (QED) is 0.778. The molecular formula is C14H10ClN3O2S2. The molecule has 0 aliphatic carbocycles. The maximum absolute atomic E-state index is 12.3. The molecule has 0 spiro atoms. The smallest absolute Gasteiger partial charge is 0.278 e. The minimum Gasteiger partial charge on any atom is -0.278 e. The van der Waals surface area contributed by atoms with Crippen molar-refractivity contribution in [1.82, 2.24) is 9.36 Å². The van der Waals surface area contributed by atoms with Crippen molar-refractivity contribution in [2.45, 2.75) is 4.34 Å². The van der Waals surface area contributed by atoms with Crippen molar-refractivity contribution in [2.75, 3.05) is 4.72 Å². The molecule has 8 heteroatoms. The second-order valence-electron chi connectivity index (χ2n) is 4.36. The Morgan fingerprint density at radius 3 is 2.36 bits per heavy atom. The van der Waals surface area contributed by atoms with Crippen molar-refractivity contribution >= 4 is 38.8 Å². The molecule has 0 saturated heterocycles. The summed E-state index contributed by atoms with van der Waals surface area (Å²) >= 11 is 6.61. The van der Waals surface area contributed by atoms with Crippen molar-refractivity contribution in [3.05, 3.63) is 59.6 Å². The summed E-state index contributed by atoms with van der Waals surface area (Å²) in [6.07, 6.45) is 0. The first-order valence-electron chi connectivity index (χ1n) is 6.22. The van der Waals surface area contributed by atoms with Gasteiger partial charge in [-0.15, -0.1) is 0 Å². The minimum atomic E-state index is -3.76. The van der Waals surface area contributed by atoms with E-state index in [1.165, 1.54) is 0 Å². The average Bonchev–Trinajstić information content (AvgIpc) is 3.01. The van der Waals surface area contributed by atoms with Crippen LogP contribution in [0.2, 0.25) is 5.02 Å². The van der Waals surface area contributed by atoms with Crippen LogP contribution in [0.25, 0.3) is 11.4 Å². The van der Waals surface area contributed by atoms with Gasteiger partial charge in [0, 0.05) is 27.8 Å². The van der Waals surface area contributed by atoms with E-state index in [1.54, 1.807) is 24.3 Å². The van der Waals surface area contributed by atoms with Crippen molar-refractivity contribution in [1.29, 1.82) is 0 Å². The van der Waals surface area contributed by atoms with Crippen LogP contribution in [0.3, 0.4) is 0 Å². The van der Waals surface area contributed by atoms with Gasteiger partial charge in [-0.05, 0) is 24.3 Å². The summed E-state index contributed by atoms with van der Waals surface area (Å²) in [6, 6.07) is 15.6. The second kappa shape index (κ2) is 6.04. The van der Waals surface area contributed by atoms with Gasteiger partial charge in [-0.3, -0.25) is 4.72 Å². The highest BCUT2D eigenvalue weighted by molar-refractivity contribution is 7.94. The monoisotopic (exact) mass is 351 g/mol. The Bertz CT molecular complexity index is 878. The zero-order valence-corrected chi connectivity index (χ0v) is 13.5. The lowest BCUT2D eigenvalue weighted by Crippen LogP contribution is -2.12. The fourth-order valence-electron chi connectivity index (χ4n) is 1.74. The van der Waals surface area contributed by atoms with E-state index >= 15 is 0 Å². The number of nitrogens with zero attached hydrogens (tertiary/aromatic N) is 2. The molecule has 1 aromatic heterocycles. The van der Waals surface area contributed by atoms with Gasteiger partial charge in [0.2, 0.25) is 4.34 Å². The third kappa shape index (κ3) is 3.27. The highest BCUT2D eigenvalue weighted by Crippen LogP contribution is 2.23. The zero-order valence-electron chi connectivity index (χ0n) is 11.1. The number of anilines is 1. The molecule has 0 radical (unpaired) electrons. The third-order valence-corrected chi connectivity index (χ3v) is 5.47. The molecular weight excluding hydrogens is 342 g/mol. The molecule has 0 unspecified atom stereocenters. The summed E-state index contributed by atoms with van der Waals surface area (Å²) in [4.78, 5) is 4.10. The molecule has 0 fully saturated rings. The number of hydrogen-bond donors (Lipinski definition) is 1. The largest absolute Gasteiger partial charge is 0.290 e. The Balaban J connectivity index is 1.87. The SMILES string of the molecule is O=S(=O)(Nc1ccc(Cl)cc1)c1nc(-c2ccccc2)ns1. The van der Waals surface area contributed by atoms with Crippen LogP contribution in [-0.2, 0) is 10.0 Å². The Kier molecular flexibility index (Phi) is 4.10. The minimum absolute atomic E-state index is 0.0821. The van der Waals surface area contributed by atoms with E-state index in [0.29, 0.717) is 16.5 Å². The number of sulfonamides is 1. The fraction of sp³-hybridized carbons (Fsp3) is 0. The summed E-state index contributed by atoms with van der Waals surface area (Å²) in [5.74, 6) is 0.391. The number of nitrogens with one attached hydrogen (secondary N) is 1. The standard InChI is InChI=1S/C14H10ClN3O2S2/c15-11-6-8-12(9-7-11)18-22(19,20)14-16-13(17-21-14)10-4-2-1-3-5-10/h1-9,18H. The van der Waals surface area contributed by atoms with Crippen LogP contribution in [0.5, 0.6) is 0 Å². The van der Waals surface area contributed by atoms with Crippen molar-refractivity contribution in [3.63, 3.8) is 0 Å². The van der Waals surface area contributed by atoms with Crippen molar-refractivity contribution in [2.24, 2.45) is 0 Å². The summed E-state index contributed by atoms with van der Waals surface area (Å²) in [5, 5.41) is 0.533. The lowest BCUT2D eigenvalue weighted by Gasteiger charge is -2.04. The van der Waals surface area contributed by atoms with E-state index in [2.05, 4.69) is 14.1 Å². The van der Waals surface area contributed by atoms with Gasteiger partial charge in [0.1, 0.15) is 0 Å². The normalized spacial score (nSPS) is 11.3. The van der Waals surface area contributed by atoms with Gasteiger partial charge < -0.3 is 0 Å². The van der Waals surface area contributed by atoms with Crippen LogP contribution >= 0.6 is 23.1 Å². The molecule has 2 aromatic carbocycles. The van der Waals surface area contributed by atoms with Crippen LogP contribution in [-0.4, -0.2) is 17.8 Å². The molecule has 5 nitrogen and oxygen atoms in total. The molecule has 1 N–H and O–H groups in total. The molecule has 0 atom stereocenters. The lowest BCUT2D eigenvalue weighted by molar-refractivity contribution is 0.600. The van der Waals surface area contributed by atoms with Gasteiger partial charge in [-0.2, -0.15) is 12.8 Å². The Morgan fingerprint density at radius 2 is 1.68 bits per heavy atom. The van der Waals surface area contributed by atoms with Gasteiger partial charge in [0.25, 0.3) is 10.0 Å². The summed E-state index contributed by atoms with van der Waals surface area (Å²) in [5.41, 5.74) is 1.19. The average molecular weight is 352 g/mol.